The zero-order chi connectivity index (χ0) is 14.4. The zero-order valence-corrected chi connectivity index (χ0v) is 14.4. The lowest BCUT2D eigenvalue weighted by atomic mass is 9.75. The van der Waals surface area contributed by atoms with Gasteiger partial charge in [-0.15, -0.1) is 0 Å². The molecule has 5 rings (SSSR count). The third kappa shape index (κ3) is 2.34. The molecule has 1 atom stereocenters. The van der Waals surface area contributed by atoms with Gasteiger partial charge in [-0.25, -0.2) is 4.99 Å². The topological polar surface area (TPSA) is 28.1 Å². The van der Waals surface area contributed by atoms with Crippen molar-refractivity contribution < 1.29 is 4.74 Å². The standard InChI is InChI=1S/C16H20IN3O/c1-19(14-4-2-13(17)3-5-14)15-18-10-16(21-15)11-20-8-6-12(16)7-9-20/h2-5,12H,6-11H2,1H3. The highest BCUT2D eigenvalue weighted by Gasteiger charge is 2.52. The molecule has 1 aromatic carbocycles. The molecule has 0 N–H and O–H groups in total. The van der Waals surface area contributed by atoms with Gasteiger partial charge in [-0.1, -0.05) is 0 Å². The Morgan fingerprint density at radius 3 is 2.62 bits per heavy atom. The van der Waals surface area contributed by atoms with Crippen LogP contribution in [-0.4, -0.2) is 49.7 Å². The first kappa shape index (κ1) is 13.8. The van der Waals surface area contributed by atoms with E-state index in [0.29, 0.717) is 5.92 Å². The molecule has 0 amide bonds. The minimum Gasteiger partial charge on any atom is -0.455 e. The summed E-state index contributed by atoms with van der Waals surface area (Å²) >= 11 is 2.33. The third-order valence-corrected chi connectivity index (χ3v) is 5.82. The molecule has 3 fully saturated rings. The Kier molecular flexibility index (Phi) is 3.37. The smallest absolute Gasteiger partial charge is 0.292 e. The summed E-state index contributed by atoms with van der Waals surface area (Å²) in [5.41, 5.74) is 1.08. The second kappa shape index (κ2) is 5.12. The van der Waals surface area contributed by atoms with Crippen molar-refractivity contribution in [2.45, 2.75) is 18.4 Å². The Morgan fingerprint density at radius 1 is 1.29 bits per heavy atom. The fraction of sp³-hybridized carbons (Fsp3) is 0.562. The number of rotatable bonds is 1. The van der Waals surface area contributed by atoms with Crippen LogP contribution in [0.5, 0.6) is 0 Å². The number of anilines is 1. The molecule has 0 aliphatic carbocycles. The quantitative estimate of drug-likeness (QED) is 0.682. The molecule has 3 saturated heterocycles. The van der Waals surface area contributed by atoms with Crippen LogP contribution in [0.25, 0.3) is 0 Å². The van der Waals surface area contributed by atoms with E-state index in [1.165, 1.54) is 29.5 Å². The van der Waals surface area contributed by atoms with Crippen LogP contribution in [0, 0.1) is 9.49 Å². The molecule has 1 spiro atoms. The lowest BCUT2D eigenvalue weighted by molar-refractivity contribution is -0.0836. The van der Waals surface area contributed by atoms with Gasteiger partial charge in [0.15, 0.2) is 0 Å². The predicted molar refractivity (Wildman–Crippen MR) is 92.8 cm³/mol. The second-order valence-corrected chi connectivity index (χ2v) is 7.60. The van der Waals surface area contributed by atoms with Crippen LogP contribution in [0.1, 0.15) is 12.8 Å². The molecule has 5 heteroatoms. The monoisotopic (exact) mass is 397 g/mol. The molecule has 4 aliphatic heterocycles. The largest absolute Gasteiger partial charge is 0.455 e. The van der Waals surface area contributed by atoms with Gasteiger partial charge in [-0.2, -0.15) is 0 Å². The number of fused-ring (bicyclic) bond motifs is 2. The molecule has 21 heavy (non-hydrogen) atoms. The highest BCUT2D eigenvalue weighted by Crippen LogP contribution is 2.41. The first-order valence-electron chi connectivity index (χ1n) is 7.61. The average molecular weight is 397 g/mol. The number of benzene rings is 1. The van der Waals surface area contributed by atoms with Gasteiger partial charge in [-0.3, -0.25) is 9.80 Å². The number of hydrogen-bond donors (Lipinski definition) is 0. The van der Waals surface area contributed by atoms with Gasteiger partial charge < -0.3 is 4.74 Å². The van der Waals surface area contributed by atoms with Crippen molar-refractivity contribution in [1.82, 2.24) is 4.90 Å². The lowest BCUT2D eigenvalue weighted by Gasteiger charge is -2.50. The minimum atomic E-state index is -0.0523. The number of nitrogens with zero attached hydrogens (tertiary/aromatic N) is 3. The summed E-state index contributed by atoms with van der Waals surface area (Å²) in [5.74, 6) is 0.675. The summed E-state index contributed by atoms with van der Waals surface area (Å²) < 4.78 is 7.65. The molecule has 0 aromatic heterocycles. The second-order valence-electron chi connectivity index (χ2n) is 6.35. The van der Waals surface area contributed by atoms with Crippen molar-refractivity contribution >= 4 is 34.3 Å². The fourth-order valence-electron chi connectivity index (χ4n) is 3.82. The van der Waals surface area contributed by atoms with E-state index in [2.05, 4.69) is 56.7 Å². The van der Waals surface area contributed by atoms with Crippen LogP contribution in [0.4, 0.5) is 5.69 Å². The van der Waals surface area contributed by atoms with Crippen molar-refractivity contribution in [2.75, 3.05) is 38.1 Å². The molecule has 1 aromatic rings. The van der Waals surface area contributed by atoms with E-state index < -0.39 is 0 Å². The molecule has 4 heterocycles. The van der Waals surface area contributed by atoms with Crippen LogP contribution in [0.3, 0.4) is 0 Å². The van der Waals surface area contributed by atoms with E-state index in [1.807, 2.05) is 7.05 Å². The van der Waals surface area contributed by atoms with Crippen molar-refractivity contribution in [2.24, 2.45) is 10.9 Å². The van der Waals surface area contributed by atoms with Crippen molar-refractivity contribution in [3.8, 4) is 0 Å². The molecule has 112 valence electrons. The molecule has 1 unspecified atom stereocenters. The number of hydrogen-bond acceptors (Lipinski definition) is 4. The Labute approximate surface area is 139 Å². The molecule has 4 aliphatic rings. The van der Waals surface area contributed by atoms with Crippen molar-refractivity contribution in [1.29, 1.82) is 0 Å². The molecular weight excluding hydrogens is 377 g/mol. The van der Waals surface area contributed by atoms with Gasteiger partial charge in [0.05, 0.1) is 6.54 Å². The van der Waals surface area contributed by atoms with Crippen LogP contribution in [0.15, 0.2) is 29.3 Å². The number of halogens is 1. The van der Waals surface area contributed by atoms with Gasteiger partial charge in [0, 0.05) is 28.8 Å². The Morgan fingerprint density at radius 2 is 2.00 bits per heavy atom. The van der Waals surface area contributed by atoms with E-state index in [0.717, 1.165) is 24.8 Å². The predicted octanol–water partition coefficient (Wildman–Crippen LogP) is 2.58. The molecular formula is C16H20IN3O. The highest BCUT2D eigenvalue weighted by atomic mass is 127. The van der Waals surface area contributed by atoms with Crippen LogP contribution >= 0.6 is 22.6 Å². The van der Waals surface area contributed by atoms with Gasteiger partial charge in [0.25, 0.3) is 6.02 Å². The first-order chi connectivity index (χ1) is 10.2. The van der Waals surface area contributed by atoms with Crippen LogP contribution in [0.2, 0.25) is 0 Å². The summed E-state index contributed by atoms with van der Waals surface area (Å²) in [5, 5.41) is 0. The minimum absolute atomic E-state index is 0.0523. The highest BCUT2D eigenvalue weighted by molar-refractivity contribution is 14.1. The van der Waals surface area contributed by atoms with Crippen LogP contribution in [-0.2, 0) is 4.74 Å². The summed E-state index contributed by atoms with van der Waals surface area (Å²) in [6, 6.07) is 9.26. The molecule has 0 radical (unpaired) electrons. The average Bonchev–Trinajstić information content (AvgIpc) is 2.92. The number of amidine groups is 1. The van der Waals surface area contributed by atoms with Gasteiger partial charge in [0.2, 0.25) is 0 Å². The Balaban J connectivity index is 1.52. The fourth-order valence-corrected chi connectivity index (χ4v) is 4.18. The summed E-state index contributed by atoms with van der Waals surface area (Å²) in [6.45, 7) is 4.33. The SMILES string of the molecule is CN(C1=NCC2(CN3CCC2CC3)O1)c1ccc(I)cc1. The van der Waals surface area contributed by atoms with Crippen molar-refractivity contribution in [3.05, 3.63) is 27.8 Å². The van der Waals surface area contributed by atoms with Crippen molar-refractivity contribution in [3.63, 3.8) is 0 Å². The van der Waals surface area contributed by atoms with E-state index in [9.17, 15) is 0 Å². The Bertz CT molecular complexity index is 565. The molecule has 4 nitrogen and oxygen atoms in total. The normalized spacial score (nSPS) is 33.9. The molecule has 0 saturated carbocycles. The number of piperidine rings is 3. The summed E-state index contributed by atoms with van der Waals surface area (Å²) in [7, 11) is 2.04. The summed E-state index contributed by atoms with van der Waals surface area (Å²) in [6.07, 6.45) is 2.52. The Hall–Kier alpha value is -0.820. The zero-order valence-electron chi connectivity index (χ0n) is 12.3. The van der Waals surface area contributed by atoms with Gasteiger partial charge >= 0.3 is 0 Å². The van der Waals surface area contributed by atoms with E-state index in [4.69, 9.17) is 9.73 Å². The maximum atomic E-state index is 6.40. The summed E-state index contributed by atoms with van der Waals surface area (Å²) in [4.78, 5) is 9.32. The lowest BCUT2D eigenvalue weighted by Crippen LogP contribution is -2.61. The third-order valence-electron chi connectivity index (χ3n) is 5.10. The maximum absolute atomic E-state index is 6.40. The van der Waals surface area contributed by atoms with Gasteiger partial charge in [0.1, 0.15) is 5.60 Å². The number of ether oxygens (including phenoxy) is 1. The van der Waals surface area contributed by atoms with E-state index >= 15 is 0 Å². The van der Waals surface area contributed by atoms with Crippen LogP contribution < -0.4 is 4.90 Å². The number of aliphatic imine (C=N–C) groups is 1. The molecule has 2 bridgehead atoms. The van der Waals surface area contributed by atoms with E-state index in [-0.39, 0.29) is 5.60 Å². The first-order valence-corrected chi connectivity index (χ1v) is 8.69. The maximum Gasteiger partial charge on any atom is 0.292 e. The van der Waals surface area contributed by atoms with Gasteiger partial charge in [-0.05, 0) is 72.8 Å². The van der Waals surface area contributed by atoms with E-state index in [1.54, 1.807) is 0 Å².